The lowest BCUT2D eigenvalue weighted by Crippen LogP contribution is -2.41. The summed E-state index contributed by atoms with van der Waals surface area (Å²) < 4.78 is 0. The predicted molar refractivity (Wildman–Crippen MR) is 109 cm³/mol. The van der Waals surface area contributed by atoms with Gasteiger partial charge in [-0.3, -0.25) is 9.59 Å². The molecule has 28 heavy (non-hydrogen) atoms. The zero-order valence-corrected chi connectivity index (χ0v) is 17.3. The highest BCUT2D eigenvalue weighted by Crippen LogP contribution is 2.48. The molecule has 0 heterocycles. The number of aliphatic hydroxyl groups excluding tert-OH is 2. The molecule has 5 heteroatoms. The minimum atomic E-state index is -0.760. The first-order valence-corrected chi connectivity index (χ1v) is 11.2. The number of Topliss-reactive ketones (excluding diaryl/α,β-unsaturated/α-hetero) is 1. The van der Waals surface area contributed by atoms with Crippen molar-refractivity contribution in [3.8, 4) is 0 Å². The van der Waals surface area contributed by atoms with Crippen LogP contribution in [0.5, 0.6) is 0 Å². The van der Waals surface area contributed by atoms with Crippen molar-refractivity contribution in [2.75, 3.05) is 0 Å². The summed E-state index contributed by atoms with van der Waals surface area (Å²) in [5.74, 6) is -0.919. The third-order valence-corrected chi connectivity index (χ3v) is 6.91. The first-order valence-electron chi connectivity index (χ1n) is 11.2. The number of aliphatic hydroxyl groups is 2. The van der Waals surface area contributed by atoms with Crippen LogP contribution in [0.3, 0.4) is 0 Å². The lowest BCUT2D eigenvalue weighted by atomic mass is 9.62. The number of unbranched alkanes of at least 4 members (excludes halogenated alkanes) is 3. The summed E-state index contributed by atoms with van der Waals surface area (Å²) in [5.41, 5.74) is 0.0819. The second-order valence-corrected chi connectivity index (χ2v) is 8.91. The predicted octanol–water partition coefficient (Wildman–Crippen LogP) is 4.26. The van der Waals surface area contributed by atoms with Gasteiger partial charge in [0.2, 0.25) is 0 Å². The number of hydrogen-bond donors (Lipinski definition) is 3. The first-order chi connectivity index (χ1) is 13.4. The Morgan fingerprint density at radius 1 is 1.25 bits per heavy atom. The average molecular weight is 395 g/mol. The fourth-order valence-corrected chi connectivity index (χ4v) is 5.08. The smallest absolute Gasteiger partial charge is 0.303 e. The molecular formula is C23H38O5. The molecule has 5 nitrogen and oxygen atoms in total. The Kier molecular flexibility index (Phi) is 9.16. The van der Waals surface area contributed by atoms with E-state index in [-0.39, 0.29) is 42.0 Å². The van der Waals surface area contributed by atoms with E-state index >= 15 is 0 Å². The van der Waals surface area contributed by atoms with Crippen LogP contribution < -0.4 is 0 Å². The van der Waals surface area contributed by atoms with E-state index in [1.54, 1.807) is 0 Å². The van der Waals surface area contributed by atoms with Crippen LogP contribution in [0, 0.1) is 17.3 Å². The Bertz CT molecular complexity index is 537. The summed E-state index contributed by atoms with van der Waals surface area (Å²) in [6.07, 6.45) is 13.7. The Morgan fingerprint density at radius 3 is 2.57 bits per heavy atom. The molecule has 0 spiro atoms. The number of rotatable bonds is 13. The third-order valence-electron chi connectivity index (χ3n) is 6.91. The van der Waals surface area contributed by atoms with Crippen LogP contribution in [0.15, 0.2) is 12.2 Å². The van der Waals surface area contributed by atoms with Crippen molar-refractivity contribution < 1.29 is 24.9 Å². The summed E-state index contributed by atoms with van der Waals surface area (Å²) >= 11 is 0. The standard InChI is InChI=1S/C23H38O5/c1-2-13-23(14-8-15-23)21(26)11-7-10-18-17(19(24)16-20(18)25)9-5-3-4-6-12-22(27)28/h7,10,17-18,20-21,25-26H,2-6,8-9,11-16H2,1H3,(H,27,28)/t17-,18-,20-,21?/m1/s1. The molecule has 0 amide bonds. The molecule has 2 saturated carbocycles. The minimum absolute atomic E-state index is 0.0819. The van der Waals surface area contributed by atoms with E-state index in [1.165, 1.54) is 6.42 Å². The molecule has 0 aromatic heterocycles. The molecule has 2 fully saturated rings. The fourth-order valence-electron chi connectivity index (χ4n) is 5.08. The highest BCUT2D eigenvalue weighted by molar-refractivity contribution is 5.84. The van der Waals surface area contributed by atoms with Gasteiger partial charge in [-0.25, -0.2) is 0 Å². The molecule has 3 N–H and O–H groups in total. The van der Waals surface area contributed by atoms with Gasteiger partial charge in [-0.2, -0.15) is 0 Å². The molecule has 2 aliphatic rings. The van der Waals surface area contributed by atoms with Crippen LogP contribution in [-0.4, -0.2) is 39.3 Å². The number of carbonyl (C=O) groups excluding carboxylic acids is 1. The van der Waals surface area contributed by atoms with Gasteiger partial charge < -0.3 is 15.3 Å². The van der Waals surface area contributed by atoms with Crippen molar-refractivity contribution in [2.45, 2.75) is 103 Å². The Balaban J connectivity index is 1.79. The lowest BCUT2D eigenvalue weighted by Gasteiger charge is -2.45. The van der Waals surface area contributed by atoms with Crippen LogP contribution in [0.25, 0.3) is 0 Å². The second-order valence-electron chi connectivity index (χ2n) is 8.91. The summed E-state index contributed by atoms with van der Waals surface area (Å²) in [6.45, 7) is 2.16. The molecule has 2 aliphatic carbocycles. The highest BCUT2D eigenvalue weighted by Gasteiger charge is 2.42. The van der Waals surface area contributed by atoms with E-state index in [1.807, 2.05) is 12.2 Å². The quantitative estimate of drug-likeness (QED) is 0.320. The molecule has 0 aromatic carbocycles. The van der Waals surface area contributed by atoms with E-state index in [9.17, 15) is 19.8 Å². The summed E-state index contributed by atoms with van der Waals surface area (Å²) in [5, 5.41) is 29.6. The van der Waals surface area contributed by atoms with Gasteiger partial charge in [-0.1, -0.05) is 51.2 Å². The van der Waals surface area contributed by atoms with Gasteiger partial charge in [0, 0.05) is 24.7 Å². The van der Waals surface area contributed by atoms with Crippen molar-refractivity contribution in [1.29, 1.82) is 0 Å². The Morgan fingerprint density at radius 2 is 1.96 bits per heavy atom. The number of aliphatic carboxylic acids is 1. The number of ketones is 1. The topological polar surface area (TPSA) is 94.8 Å². The molecule has 160 valence electrons. The average Bonchev–Trinajstić information content (AvgIpc) is 2.87. The van der Waals surface area contributed by atoms with Crippen molar-refractivity contribution >= 4 is 11.8 Å². The number of carboxylic acid groups (broad SMARTS) is 1. The highest BCUT2D eigenvalue weighted by atomic mass is 16.4. The molecular weight excluding hydrogens is 356 g/mol. The Labute approximate surface area is 169 Å². The first kappa shape index (κ1) is 23.1. The van der Waals surface area contributed by atoms with E-state index in [0.717, 1.165) is 51.4 Å². The molecule has 0 aliphatic heterocycles. The molecule has 2 rings (SSSR count). The monoisotopic (exact) mass is 394 g/mol. The zero-order valence-electron chi connectivity index (χ0n) is 17.3. The zero-order chi connectivity index (χ0) is 20.6. The molecule has 0 saturated heterocycles. The van der Waals surface area contributed by atoms with Crippen LogP contribution >= 0.6 is 0 Å². The second kappa shape index (κ2) is 11.1. The van der Waals surface area contributed by atoms with E-state index in [4.69, 9.17) is 5.11 Å². The van der Waals surface area contributed by atoms with E-state index in [0.29, 0.717) is 12.8 Å². The molecule has 1 unspecified atom stereocenters. The van der Waals surface area contributed by atoms with Crippen molar-refractivity contribution in [1.82, 2.24) is 0 Å². The van der Waals surface area contributed by atoms with Gasteiger partial charge in [-0.15, -0.1) is 0 Å². The maximum absolute atomic E-state index is 12.3. The minimum Gasteiger partial charge on any atom is -0.481 e. The van der Waals surface area contributed by atoms with Crippen LogP contribution in [0.4, 0.5) is 0 Å². The van der Waals surface area contributed by atoms with Crippen LogP contribution in [0.1, 0.15) is 90.4 Å². The Hall–Kier alpha value is -1.20. The molecule has 4 atom stereocenters. The van der Waals surface area contributed by atoms with Crippen molar-refractivity contribution in [2.24, 2.45) is 17.3 Å². The SMILES string of the molecule is CCCC1(C(O)CC=C[C@H]2[C@H](O)CC(=O)[C@@H]2CCCCCCC(=O)O)CCC1. The largest absolute Gasteiger partial charge is 0.481 e. The molecule has 0 bridgehead atoms. The lowest BCUT2D eigenvalue weighted by molar-refractivity contribution is -0.137. The van der Waals surface area contributed by atoms with Gasteiger partial charge >= 0.3 is 5.97 Å². The molecule has 0 radical (unpaired) electrons. The van der Waals surface area contributed by atoms with Crippen LogP contribution in [-0.2, 0) is 9.59 Å². The van der Waals surface area contributed by atoms with Crippen LogP contribution in [0.2, 0.25) is 0 Å². The number of carbonyl (C=O) groups is 2. The van der Waals surface area contributed by atoms with E-state index < -0.39 is 12.1 Å². The van der Waals surface area contributed by atoms with Gasteiger partial charge in [0.1, 0.15) is 5.78 Å². The van der Waals surface area contributed by atoms with Gasteiger partial charge in [0.05, 0.1) is 12.2 Å². The summed E-state index contributed by atoms with van der Waals surface area (Å²) in [4.78, 5) is 22.8. The summed E-state index contributed by atoms with van der Waals surface area (Å²) in [6, 6.07) is 0. The normalized spacial score (nSPS) is 27.8. The maximum Gasteiger partial charge on any atom is 0.303 e. The van der Waals surface area contributed by atoms with Crippen molar-refractivity contribution in [3.05, 3.63) is 12.2 Å². The van der Waals surface area contributed by atoms with Gasteiger partial charge in [-0.05, 0) is 43.9 Å². The van der Waals surface area contributed by atoms with E-state index in [2.05, 4.69) is 6.92 Å². The maximum atomic E-state index is 12.3. The van der Waals surface area contributed by atoms with Crippen molar-refractivity contribution in [3.63, 3.8) is 0 Å². The van der Waals surface area contributed by atoms with Gasteiger partial charge in [0.15, 0.2) is 0 Å². The number of carboxylic acids is 1. The number of hydrogen-bond acceptors (Lipinski definition) is 4. The summed E-state index contributed by atoms with van der Waals surface area (Å²) in [7, 11) is 0. The van der Waals surface area contributed by atoms with Gasteiger partial charge in [0.25, 0.3) is 0 Å². The third kappa shape index (κ3) is 6.15. The molecule has 0 aromatic rings. The fraction of sp³-hybridized carbons (Fsp3) is 0.826.